The van der Waals surface area contributed by atoms with Gasteiger partial charge >= 0.3 is 0 Å². The smallest absolute Gasteiger partial charge is 0.231 e. The summed E-state index contributed by atoms with van der Waals surface area (Å²) in [5, 5.41) is 10.4. The number of halogens is 2. The quantitative estimate of drug-likeness (QED) is 0.565. The van der Waals surface area contributed by atoms with Gasteiger partial charge in [-0.2, -0.15) is 5.10 Å². The Morgan fingerprint density at radius 3 is 2.82 bits per heavy atom. The second-order valence-corrected chi connectivity index (χ2v) is 7.25. The number of aromatic amines is 1. The molecule has 1 amide bonds. The summed E-state index contributed by atoms with van der Waals surface area (Å²) in [4.78, 5) is 16.3. The highest BCUT2D eigenvalue weighted by molar-refractivity contribution is 5.98. The number of nitrogens with zero attached hydrogens (tertiary/aromatic N) is 3. The number of aromatic nitrogens is 4. The highest BCUT2D eigenvalue weighted by atomic mass is 19.1. The van der Waals surface area contributed by atoms with Crippen LogP contribution in [0.15, 0.2) is 30.7 Å². The molecule has 0 saturated heterocycles. The largest absolute Gasteiger partial charge is 0.309 e. The first-order valence-corrected chi connectivity index (χ1v) is 9.00. The minimum atomic E-state index is -1.06. The lowest BCUT2D eigenvalue weighted by Gasteiger charge is -2.12. The monoisotopic (exact) mass is 381 g/mol. The van der Waals surface area contributed by atoms with E-state index < -0.39 is 12.1 Å². The second-order valence-electron chi connectivity index (χ2n) is 7.25. The van der Waals surface area contributed by atoms with Crippen molar-refractivity contribution in [3.05, 3.63) is 47.7 Å². The first-order chi connectivity index (χ1) is 13.4. The minimum absolute atomic E-state index is 0.266. The van der Waals surface area contributed by atoms with Gasteiger partial charge in [0.05, 0.1) is 23.8 Å². The molecule has 8 heteroatoms. The molecule has 3 heterocycles. The molecule has 1 aliphatic carbocycles. The normalized spacial score (nSPS) is 18.7. The summed E-state index contributed by atoms with van der Waals surface area (Å²) in [7, 11) is 0. The van der Waals surface area contributed by atoms with Crippen molar-refractivity contribution in [3.63, 3.8) is 0 Å². The van der Waals surface area contributed by atoms with E-state index in [-0.39, 0.29) is 18.1 Å². The fraction of sp³-hybridized carbons (Fsp3) is 0.250. The van der Waals surface area contributed by atoms with Crippen molar-refractivity contribution in [3.8, 4) is 11.1 Å². The Kier molecular flexibility index (Phi) is 3.52. The van der Waals surface area contributed by atoms with Gasteiger partial charge in [0.1, 0.15) is 17.6 Å². The Bertz CT molecular complexity index is 1260. The number of H-pyrrole nitrogens is 1. The Hall–Kier alpha value is -3.29. The summed E-state index contributed by atoms with van der Waals surface area (Å²) < 4.78 is 29.5. The molecule has 2 atom stereocenters. The van der Waals surface area contributed by atoms with Gasteiger partial charge in [0, 0.05) is 17.1 Å². The number of amides is 1. The third-order valence-electron chi connectivity index (χ3n) is 5.36. The molecular weight excluding hydrogens is 364 g/mol. The number of alkyl halides is 1. The van der Waals surface area contributed by atoms with Crippen LogP contribution < -0.4 is 5.32 Å². The van der Waals surface area contributed by atoms with Crippen molar-refractivity contribution >= 4 is 28.3 Å². The third kappa shape index (κ3) is 2.48. The molecule has 1 aliphatic rings. The summed E-state index contributed by atoms with van der Waals surface area (Å²) in [6.45, 7) is 3.47. The number of carbonyl (C=O) groups excluding carboxylic acids is 1. The Labute approximate surface area is 158 Å². The minimum Gasteiger partial charge on any atom is -0.309 e. The van der Waals surface area contributed by atoms with Gasteiger partial charge in [0.15, 0.2) is 5.82 Å². The number of nitrogens with one attached hydrogen (secondary N) is 2. The van der Waals surface area contributed by atoms with Crippen LogP contribution in [0.1, 0.15) is 17.5 Å². The maximum atomic E-state index is 14.7. The predicted molar refractivity (Wildman–Crippen MR) is 101 cm³/mol. The van der Waals surface area contributed by atoms with Crippen molar-refractivity contribution in [2.75, 3.05) is 5.32 Å². The van der Waals surface area contributed by atoms with Crippen LogP contribution in [0.3, 0.4) is 0 Å². The van der Waals surface area contributed by atoms with Crippen LogP contribution in [0.25, 0.3) is 27.7 Å². The number of pyridine rings is 1. The predicted octanol–water partition coefficient (Wildman–Crippen LogP) is 3.93. The SMILES string of the molecule is Cc1c(F)c(C)c2[nH]ncc2c1-c1ccc2nc(NC(=O)[C@@H]3C[C@@H]3F)cn2c1. The average Bonchev–Trinajstić information content (AvgIpc) is 3.06. The Morgan fingerprint density at radius 2 is 2.07 bits per heavy atom. The molecule has 1 saturated carbocycles. The summed E-state index contributed by atoms with van der Waals surface area (Å²) in [6, 6.07) is 3.65. The van der Waals surface area contributed by atoms with Gasteiger partial charge in [-0.15, -0.1) is 0 Å². The fourth-order valence-corrected chi connectivity index (χ4v) is 3.69. The first kappa shape index (κ1) is 16.9. The van der Waals surface area contributed by atoms with E-state index in [1.165, 1.54) is 0 Å². The van der Waals surface area contributed by atoms with Crippen molar-refractivity contribution in [1.82, 2.24) is 19.6 Å². The number of imidazole rings is 1. The number of rotatable bonds is 3. The zero-order valence-corrected chi connectivity index (χ0v) is 15.3. The van der Waals surface area contributed by atoms with Gasteiger partial charge in [-0.3, -0.25) is 9.89 Å². The molecular formula is C20H17F2N5O. The van der Waals surface area contributed by atoms with Crippen LogP contribution in [-0.4, -0.2) is 31.7 Å². The first-order valence-electron chi connectivity index (χ1n) is 9.00. The summed E-state index contributed by atoms with van der Waals surface area (Å²) in [6.07, 6.45) is 4.40. The zero-order chi connectivity index (χ0) is 19.6. The highest BCUT2D eigenvalue weighted by Crippen LogP contribution is 2.36. The average molecular weight is 381 g/mol. The van der Waals surface area contributed by atoms with E-state index in [1.54, 1.807) is 36.7 Å². The van der Waals surface area contributed by atoms with Crippen LogP contribution in [0.4, 0.5) is 14.6 Å². The van der Waals surface area contributed by atoms with Crippen LogP contribution in [0.5, 0.6) is 0 Å². The lowest BCUT2D eigenvalue weighted by molar-refractivity contribution is -0.117. The van der Waals surface area contributed by atoms with Gasteiger partial charge in [-0.1, -0.05) is 0 Å². The number of anilines is 1. The van der Waals surface area contributed by atoms with E-state index >= 15 is 0 Å². The van der Waals surface area contributed by atoms with Crippen LogP contribution in [0.2, 0.25) is 0 Å². The summed E-state index contributed by atoms with van der Waals surface area (Å²) in [5.74, 6) is -0.835. The Balaban J connectivity index is 1.58. The zero-order valence-electron chi connectivity index (χ0n) is 15.3. The Morgan fingerprint density at radius 1 is 1.29 bits per heavy atom. The van der Waals surface area contributed by atoms with Crippen molar-refractivity contribution in [2.24, 2.45) is 5.92 Å². The fourth-order valence-electron chi connectivity index (χ4n) is 3.69. The van der Waals surface area contributed by atoms with E-state index in [0.29, 0.717) is 28.1 Å². The molecule has 1 aromatic carbocycles. The van der Waals surface area contributed by atoms with Crippen molar-refractivity contribution in [2.45, 2.75) is 26.4 Å². The third-order valence-corrected chi connectivity index (χ3v) is 5.36. The number of benzene rings is 1. The number of hydrogen-bond acceptors (Lipinski definition) is 3. The number of fused-ring (bicyclic) bond motifs is 2. The lowest BCUT2D eigenvalue weighted by atomic mass is 9.95. The molecule has 3 aromatic heterocycles. The van der Waals surface area contributed by atoms with E-state index in [9.17, 15) is 13.6 Å². The standard InChI is InChI=1S/C20H17F2N5O/c1-9-17(13-6-23-26-19(13)10(2)18(9)22)11-3-4-16-24-15(8-27(16)7-11)25-20(28)12-5-14(12)21/h3-4,6-8,12,14H,5H2,1-2H3,(H,23,26)(H,25,28)/t12-,14+/m1/s1. The lowest BCUT2D eigenvalue weighted by Crippen LogP contribution is -2.15. The molecule has 4 aromatic rings. The maximum Gasteiger partial charge on any atom is 0.231 e. The number of carbonyl (C=O) groups is 1. The maximum absolute atomic E-state index is 14.7. The van der Waals surface area contributed by atoms with Crippen LogP contribution >= 0.6 is 0 Å². The molecule has 0 bridgehead atoms. The van der Waals surface area contributed by atoms with Crippen LogP contribution in [0, 0.1) is 25.6 Å². The van der Waals surface area contributed by atoms with Gasteiger partial charge in [-0.05, 0) is 49.1 Å². The number of aryl methyl sites for hydroxylation is 1. The van der Waals surface area contributed by atoms with Gasteiger partial charge < -0.3 is 9.72 Å². The molecule has 2 N–H and O–H groups in total. The molecule has 0 spiro atoms. The van der Waals surface area contributed by atoms with E-state index in [2.05, 4.69) is 20.5 Å². The molecule has 5 rings (SSSR count). The van der Waals surface area contributed by atoms with Gasteiger partial charge in [-0.25, -0.2) is 13.8 Å². The molecule has 0 radical (unpaired) electrons. The van der Waals surface area contributed by atoms with Gasteiger partial charge in [0.25, 0.3) is 0 Å². The van der Waals surface area contributed by atoms with E-state index in [0.717, 1.165) is 16.5 Å². The highest BCUT2D eigenvalue weighted by Gasteiger charge is 2.43. The van der Waals surface area contributed by atoms with E-state index in [4.69, 9.17) is 0 Å². The number of hydrogen-bond donors (Lipinski definition) is 2. The molecule has 0 aliphatic heterocycles. The van der Waals surface area contributed by atoms with Crippen molar-refractivity contribution < 1.29 is 13.6 Å². The summed E-state index contributed by atoms with van der Waals surface area (Å²) >= 11 is 0. The van der Waals surface area contributed by atoms with Crippen LogP contribution in [-0.2, 0) is 4.79 Å². The topological polar surface area (TPSA) is 75.1 Å². The van der Waals surface area contributed by atoms with Crippen molar-refractivity contribution in [1.29, 1.82) is 0 Å². The van der Waals surface area contributed by atoms with E-state index in [1.807, 2.05) is 12.3 Å². The molecule has 28 heavy (non-hydrogen) atoms. The molecule has 142 valence electrons. The second kappa shape index (κ2) is 5.85. The molecule has 0 unspecified atom stereocenters. The molecule has 6 nitrogen and oxygen atoms in total. The summed E-state index contributed by atoms with van der Waals surface area (Å²) in [5.41, 5.74) is 3.93. The van der Waals surface area contributed by atoms with Gasteiger partial charge in [0.2, 0.25) is 5.91 Å². The molecule has 1 fully saturated rings.